The SMILES string of the molecule is CCOC(=O)C1=C(C)N(Cc2ccc(C(=O)N3CCN(c4ccccc4OCC)CC3)o2)C(=O)CC1c1cccc(Oc2ccccc2)c1. The summed E-state index contributed by atoms with van der Waals surface area (Å²) in [6, 6.07) is 28.1. The van der Waals surface area contributed by atoms with E-state index in [4.69, 9.17) is 18.6 Å². The number of carbonyl (C=O) groups is 3. The van der Waals surface area contributed by atoms with Crippen LogP contribution in [0.5, 0.6) is 17.2 Å². The van der Waals surface area contributed by atoms with Gasteiger partial charge in [0.2, 0.25) is 5.91 Å². The molecular weight excluding hydrogens is 622 g/mol. The van der Waals surface area contributed by atoms with Gasteiger partial charge in [-0.25, -0.2) is 4.79 Å². The van der Waals surface area contributed by atoms with Gasteiger partial charge in [-0.1, -0.05) is 42.5 Å². The summed E-state index contributed by atoms with van der Waals surface area (Å²) in [7, 11) is 0. The second-order valence-corrected chi connectivity index (χ2v) is 11.9. The van der Waals surface area contributed by atoms with Crippen LogP contribution in [-0.4, -0.2) is 67.0 Å². The van der Waals surface area contributed by atoms with Crippen LogP contribution in [0.4, 0.5) is 5.69 Å². The summed E-state index contributed by atoms with van der Waals surface area (Å²) in [5.74, 6) is 1.41. The summed E-state index contributed by atoms with van der Waals surface area (Å²) in [6.45, 7) is 8.71. The largest absolute Gasteiger partial charge is 0.492 e. The molecule has 49 heavy (non-hydrogen) atoms. The number of benzene rings is 3. The Labute approximate surface area is 286 Å². The van der Waals surface area contributed by atoms with E-state index in [0.29, 0.717) is 61.3 Å². The van der Waals surface area contributed by atoms with Crippen molar-refractivity contribution >= 4 is 23.5 Å². The van der Waals surface area contributed by atoms with Crippen molar-refractivity contribution in [2.45, 2.75) is 39.7 Å². The van der Waals surface area contributed by atoms with Crippen LogP contribution >= 0.6 is 0 Å². The fourth-order valence-electron chi connectivity index (χ4n) is 6.42. The van der Waals surface area contributed by atoms with Gasteiger partial charge in [-0.2, -0.15) is 0 Å². The molecule has 0 aliphatic carbocycles. The first-order chi connectivity index (χ1) is 23.9. The molecule has 0 N–H and O–H groups in total. The van der Waals surface area contributed by atoms with Gasteiger partial charge in [0.25, 0.3) is 5.91 Å². The summed E-state index contributed by atoms with van der Waals surface area (Å²) in [4.78, 5) is 46.0. The standard InChI is InChI=1S/C39H41N3O7/c1-4-46-34-17-10-9-16-33(34)40-20-22-41(23-21-40)38(44)35-19-18-31(49-35)26-42-27(3)37(39(45)47-5-2)32(25-36(42)43)28-12-11-15-30(24-28)48-29-13-7-6-8-14-29/h6-19,24,32H,4-5,20-23,25-26H2,1-3H3. The number of hydrogen-bond donors (Lipinski definition) is 0. The van der Waals surface area contributed by atoms with Crippen molar-refractivity contribution in [1.29, 1.82) is 0 Å². The zero-order chi connectivity index (χ0) is 34.3. The quantitative estimate of drug-likeness (QED) is 0.162. The lowest BCUT2D eigenvalue weighted by Gasteiger charge is -2.36. The number of hydrogen-bond acceptors (Lipinski definition) is 8. The third kappa shape index (κ3) is 7.48. The molecule has 1 aromatic heterocycles. The molecule has 2 amide bonds. The zero-order valence-electron chi connectivity index (χ0n) is 28.1. The Kier molecular flexibility index (Phi) is 10.3. The lowest BCUT2D eigenvalue weighted by Crippen LogP contribution is -2.48. The molecule has 4 aromatic rings. The van der Waals surface area contributed by atoms with Gasteiger partial charge in [0.1, 0.15) is 23.0 Å². The van der Waals surface area contributed by atoms with Crippen molar-refractivity contribution in [3.8, 4) is 17.2 Å². The summed E-state index contributed by atoms with van der Waals surface area (Å²) < 4.78 is 23.3. The second-order valence-electron chi connectivity index (χ2n) is 11.9. The highest BCUT2D eigenvalue weighted by atomic mass is 16.5. The highest BCUT2D eigenvalue weighted by Crippen LogP contribution is 2.39. The van der Waals surface area contributed by atoms with Crippen LogP contribution < -0.4 is 14.4 Å². The van der Waals surface area contributed by atoms with E-state index in [1.807, 2.05) is 85.8 Å². The molecule has 1 atom stereocenters. The summed E-state index contributed by atoms with van der Waals surface area (Å²) >= 11 is 0. The maximum atomic E-state index is 13.7. The van der Waals surface area contributed by atoms with E-state index in [-0.39, 0.29) is 37.1 Å². The number of anilines is 1. The molecule has 2 aliphatic heterocycles. The second kappa shape index (κ2) is 15.1. The van der Waals surface area contributed by atoms with Crippen LogP contribution in [-0.2, 0) is 20.9 Å². The average Bonchev–Trinajstić information content (AvgIpc) is 3.59. The molecule has 0 saturated carbocycles. The molecule has 1 unspecified atom stereocenters. The van der Waals surface area contributed by atoms with Crippen molar-refractivity contribution < 1.29 is 33.0 Å². The average molecular weight is 664 g/mol. The van der Waals surface area contributed by atoms with Gasteiger partial charge in [-0.3, -0.25) is 9.59 Å². The van der Waals surface area contributed by atoms with Gasteiger partial charge in [0.15, 0.2) is 5.76 Å². The normalized spacial score (nSPS) is 16.5. The van der Waals surface area contributed by atoms with Crippen molar-refractivity contribution in [1.82, 2.24) is 9.80 Å². The highest BCUT2D eigenvalue weighted by molar-refractivity contribution is 5.96. The predicted molar refractivity (Wildman–Crippen MR) is 185 cm³/mol. The summed E-state index contributed by atoms with van der Waals surface area (Å²) in [6.07, 6.45) is 0.0590. The Bertz CT molecular complexity index is 1820. The molecule has 1 saturated heterocycles. The Morgan fingerprint density at radius 1 is 0.837 bits per heavy atom. The third-order valence-corrected chi connectivity index (χ3v) is 8.82. The number of carbonyl (C=O) groups excluding carboxylic acids is 3. The minimum absolute atomic E-state index is 0.0590. The minimum atomic E-state index is -0.518. The Morgan fingerprint density at radius 3 is 2.33 bits per heavy atom. The Morgan fingerprint density at radius 2 is 1.57 bits per heavy atom. The molecule has 0 spiro atoms. The van der Waals surface area contributed by atoms with Crippen LogP contribution in [0.2, 0.25) is 0 Å². The van der Waals surface area contributed by atoms with Gasteiger partial charge in [-0.05, 0) is 74.9 Å². The molecule has 0 bridgehead atoms. The van der Waals surface area contributed by atoms with Crippen LogP contribution in [0.1, 0.15) is 55.0 Å². The molecule has 10 nitrogen and oxygen atoms in total. The van der Waals surface area contributed by atoms with E-state index < -0.39 is 11.9 Å². The Balaban J connectivity index is 1.16. The van der Waals surface area contributed by atoms with Gasteiger partial charge in [0, 0.05) is 44.2 Å². The van der Waals surface area contributed by atoms with E-state index in [1.54, 1.807) is 30.9 Å². The molecule has 0 radical (unpaired) electrons. The molecule has 6 rings (SSSR count). The lowest BCUT2D eigenvalue weighted by atomic mass is 9.83. The van der Waals surface area contributed by atoms with Crippen LogP contribution in [0, 0.1) is 0 Å². The summed E-state index contributed by atoms with van der Waals surface area (Å²) in [5.41, 5.74) is 2.69. The van der Waals surface area contributed by atoms with Gasteiger partial charge in [0.05, 0.1) is 31.0 Å². The number of para-hydroxylation sites is 3. The van der Waals surface area contributed by atoms with E-state index >= 15 is 0 Å². The number of piperazine rings is 1. The zero-order valence-corrected chi connectivity index (χ0v) is 28.1. The van der Waals surface area contributed by atoms with E-state index in [1.165, 1.54) is 4.90 Å². The molecule has 2 aliphatic rings. The highest BCUT2D eigenvalue weighted by Gasteiger charge is 2.37. The fourth-order valence-corrected chi connectivity index (χ4v) is 6.42. The number of ether oxygens (including phenoxy) is 3. The lowest BCUT2D eigenvalue weighted by molar-refractivity contribution is -0.140. The Hall–Kier alpha value is -5.51. The molecule has 10 heteroatoms. The number of furan rings is 1. The maximum absolute atomic E-state index is 13.7. The van der Waals surface area contributed by atoms with Gasteiger partial charge in [-0.15, -0.1) is 0 Å². The number of allylic oxidation sites excluding steroid dienone is 1. The molecular formula is C39H41N3O7. The number of nitrogens with zero attached hydrogens (tertiary/aromatic N) is 3. The fraction of sp³-hybridized carbons (Fsp3) is 0.308. The molecule has 254 valence electrons. The smallest absolute Gasteiger partial charge is 0.336 e. The number of rotatable bonds is 11. The topological polar surface area (TPSA) is 102 Å². The molecule has 1 fully saturated rings. The predicted octanol–water partition coefficient (Wildman–Crippen LogP) is 6.79. The van der Waals surface area contributed by atoms with E-state index in [0.717, 1.165) is 17.0 Å². The number of amides is 2. The van der Waals surface area contributed by atoms with Gasteiger partial charge >= 0.3 is 5.97 Å². The first-order valence-electron chi connectivity index (χ1n) is 16.7. The maximum Gasteiger partial charge on any atom is 0.336 e. The van der Waals surface area contributed by atoms with Crippen molar-refractivity contribution in [3.05, 3.63) is 119 Å². The molecule has 3 aromatic carbocycles. The van der Waals surface area contributed by atoms with Crippen LogP contribution in [0.25, 0.3) is 0 Å². The minimum Gasteiger partial charge on any atom is -0.492 e. The van der Waals surface area contributed by atoms with Crippen molar-refractivity contribution in [3.63, 3.8) is 0 Å². The first-order valence-corrected chi connectivity index (χ1v) is 16.7. The van der Waals surface area contributed by atoms with Crippen molar-refractivity contribution in [2.75, 3.05) is 44.3 Å². The number of esters is 1. The summed E-state index contributed by atoms with van der Waals surface area (Å²) in [5, 5.41) is 0. The van der Waals surface area contributed by atoms with E-state index in [2.05, 4.69) is 4.90 Å². The van der Waals surface area contributed by atoms with Crippen LogP contribution in [0.3, 0.4) is 0 Å². The third-order valence-electron chi connectivity index (χ3n) is 8.82. The van der Waals surface area contributed by atoms with Crippen LogP contribution in [0.15, 0.2) is 107 Å². The molecule has 3 heterocycles. The first kappa shape index (κ1) is 33.4. The van der Waals surface area contributed by atoms with Crippen molar-refractivity contribution in [2.24, 2.45) is 0 Å². The van der Waals surface area contributed by atoms with Gasteiger partial charge < -0.3 is 33.3 Å². The monoisotopic (exact) mass is 663 g/mol. The van der Waals surface area contributed by atoms with E-state index in [9.17, 15) is 14.4 Å².